The molecule has 3 rings (SSSR count). The van der Waals surface area contributed by atoms with Crippen molar-refractivity contribution >= 4 is 11.8 Å². The molecule has 5 nitrogen and oxygen atoms in total. The van der Waals surface area contributed by atoms with Gasteiger partial charge in [-0.3, -0.25) is 4.98 Å². The molecule has 1 aromatic heterocycles. The normalized spacial score (nSPS) is 27.1. The lowest BCUT2D eigenvalue weighted by molar-refractivity contribution is 0.0309. The molecule has 0 unspecified atom stereocenters. The van der Waals surface area contributed by atoms with Crippen molar-refractivity contribution in [3.05, 3.63) is 24.0 Å². The van der Waals surface area contributed by atoms with Crippen molar-refractivity contribution in [2.45, 2.75) is 26.8 Å². The van der Waals surface area contributed by atoms with Gasteiger partial charge in [0.25, 0.3) is 0 Å². The van der Waals surface area contributed by atoms with E-state index in [0.717, 1.165) is 17.8 Å². The Bertz CT molecular complexity index is 659. The molecule has 2 saturated heterocycles. The number of aromatic nitrogens is 1. The maximum absolute atomic E-state index is 11.4. The van der Waals surface area contributed by atoms with E-state index < -0.39 is 6.09 Å². The van der Waals surface area contributed by atoms with Gasteiger partial charge in [-0.1, -0.05) is 26.7 Å². The highest BCUT2D eigenvalue weighted by atomic mass is 16.4. The van der Waals surface area contributed by atoms with Crippen LogP contribution in [0, 0.1) is 23.2 Å². The van der Waals surface area contributed by atoms with Crippen LogP contribution in [0.1, 0.15) is 26.3 Å². The van der Waals surface area contributed by atoms with Crippen molar-refractivity contribution in [3.8, 4) is 12.3 Å². The first kappa shape index (κ1) is 14.7. The predicted molar refractivity (Wildman–Crippen MR) is 84.8 cm³/mol. The van der Waals surface area contributed by atoms with Crippen molar-refractivity contribution in [1.82, 2.24) is 9.88 Å². The third-order valence-electron chi connectivity index (χ3n) is 5.32. The van der Waals surface area contributed by atoms with Crippen molar-refractivity contribution in [1.29, 1.82) is 0 Å². The first-order valence-corrected chi connectivity index (χ1v) is 7.45. The second-order valence-corrected chi connectivity index (χ2v) is 7.29. The molecule has 1 amide bonds. The van der Waals surface area contributed by atoms with Gasteiger partial charge >= 0.3 is 6.09 Å². The Balaban J connectivity index is 1.93. The van der Waals surface area contributed by atoms with E-state index in [-0.39, 0.29) is 16.9 Å². The minimum absolute atomic E-state index is 0.0163. The molecule has 5 heteroatoms. The van der Waals surface area contributed by atoms with Crippen LogP contribution in [0.15, 0.2) is 18.5 Å². The van der Waals surface area contributed by atoms with Crippen LogP contribution >= 0.6 is 0 Å². The van der Waals surface area contributed by atoms with Gasteiger partial charge in [0.1, 0.15) is 0 Å². The van der Waals surface area contributed by atoms with Crippen LogP contribution in [0.5, 0.6) is 0 Å². The van der Waals surface area contributed by atoms with Gasteiger partial charge in [-0.2, -0.15) is 0 Å². The highest BCUT2D eigenvalue weighted by Crippen LogP contribution is 2.55. The highest BCUT2D eigenvalue weighted by molar-refractivity contribution is 5.67. The summed E-state index contributed by atoms with van der Waals surface area (Å²) in [4.78, 5) is 19.4. The molecular weight excluding hydrogens is 278 g/mol. The topological polar surface area (TPSA) is 56.7 Å². The van der Waals surface area contributed by atoms with Gasteiger partial charge in [-0.25, -0.2) is 4.79 Å². The molecule has 0 aliphatic carbocycles. The number of terminal acetylenes is 1. The number of likely N-dealkylation sites (tertiary alicyclic amines) is 1. The summed E-state index contributed by atoms with van der Waals surface area (Å²) in [5, 5.41) is 9.36. The molecule has 0 saturated carbocycles. The Kier molecular flexibility index (Phi) is 3.10. The van der Waals surface area contributed by atoms with E-state index in [1.165, 1.54) is 4.90 Å². The summed E-state index contributed by atoms with van der Waals surface area (Å²) < 4.78 is 0. The average Bonchev–Trinajstić information content (AvgIpc) is 2.74. The molecule has 116 valence electrons. The standard InChI is InChI=1S/C17H21N3O2/c1-5-12-6-13(8-18-7-12)20-11-17(16(2,3)4)10-19(15(21)22)9-14(17)20/h1,6-8,14H,9-11H2,2-4H3,(H,21,22)/t14-,17+/m0/s1. The Morgan fingerprint density at radius 3 is 2.77 bits per heavy atom. The molecule has 1 aromatic rings. The first-order valence-electron chi connectivity index (χ1n) is 7.45. The molecule has 3 heterocycles. The second-order valence-electron chi connectivity index (χ2n) is 7.29. The minimum Gasteiger partial charge on any atom is -0.465 e. The number of anilines is 1. The third kappa shape index (κ3) is 1.94. The lowest BCUT2D eigenvalue weighted by Gasteiger charge is -2.60. The van der Waals surface area contributed by atoms with Crippen molar-refractivity contribution in [2.75, 3.05) is 24.5 Å². The van der Waals surface area contributed by atoms with Gasteiger partial charge in [0.05, 0.1) is 17.9 Å². The zero-order valence-electron chi connectivity index (χ0n) is 13.2. The molecule has 0 radical (unpaired) electrons. The number of carbonyl (C=O) groups is 1. The summed E-state index contributed by atoms with van der Waals surface area (Å²) in [6, 6.07) is 2.13. The van der Waals surface area contributed by atoms with E-state index in [9.17, 15) is 9.90 Å². The van der Waals surface area contributed by atoms with E-state index in [1.807, 2.05) is 6.07 Å². The van der Waals surface area contributed by atoms with Gasteiger partial charge < -0.3 is 14.9 Å². The summed E-state index contributed by atoms with van der Waals surface area (Å²) in [5.74, 6) is 2.60. The number of hydrogen-bond donors (Lipinski definition) is 1. The van der Waals surface area contributed by atoms with Crippen LogP contribution in [0.4, 0.5) is 10.5 Å². The lowest BCUT2D eigenvalue weighted by Crippen LogP contribution is -2.69. The van der Waals surface area contributed by atoms with Crippen LogP contribution in [0.2, 0.25) is 0 Å². The molecule has 2 aliphatic rings. The van der Waals surface area contributed by atoms with Gasteiger partial charge in [0.2, 0.25) is 0 Å². The van der Waals surface area contributed by atoms with Gasteiger partial charge in [-0.05, 0) is 11.5 Å². The van der Waals surface area contributed by atoms with Crippen LogP contribution in [-0.2, 0) is 0 Å². The summed E-state index contributed by atoms with van der Waals surface area (Å²) in [7, 11) is 0. The Labute approximate surface area is 130 Å². The Morgan fingerprint density at radius 2 is 2.18 bits per heavy atom. The zero-order chi connectivity index (χ0) is 16.1. The van der Waals surface area contributed by atoms with Gasteiger partial charge in [-0.15, -0.1) is 6.42 Å². The first-order chi connectivity index (χ1) is 10.3. The summed E-state index contributed by atoms with van der Waals surface area (Å²) in [6.07, 6.45) is 8.08. The predicted octanol–water partition coefficient (Wildman–Crippen LogP) is 2.28. The van der Waals surface area contributed by atoms with Crippen molar-refractivity contribution in [3.63, 3.8) is 0 Å². The summed E-state index contributed by atoms with van der Waals surface area (Å²) in [5.41, 5.74) is 1.75. The highest BCUT2D eigenvalue weighted by Gasteiger charge is 2.64. The molecule has 2 fully saturated rings. The number of nitrogens with zero attached hydrogens (tertiary/aromatic N) is 3. The molecule has 0 aromatic carbocycles. The average molecular weight is 299 g/mol. The van der Waals surface area contributed by atoms with Gasteiger partial charge in [0.15, 0.2) is 0 Å². The van der Waals surface area contributed by atoms with E-state index in [2.05, 4.69) is 36.6 Å². The fraction of sp³-hybridized carbons (Fsp3) is 0.529. The Morgan fingerprint density at radius 1 is 1.45 bits per heavy atom. The third-order valence-corrected chi connectivity index (χ3v) is 5.32. The van der Waals surface area contributed by atoms with Crippen LogP contribution in [-0.4, -0.2) is 46.8 Å². The monoisotopic (exact) mass is 299 g/mol. The van der Waals surface area contributed by atoms with Crippen LogP contribution < -0.4 is 4.90 Å². The number of pyridine rings is 1. The lowest BCUT2D eigenvalue weighted by atomic mass is 9.58. The number of rotatable bonds is 1. The molecule has 2 atom stereocenters. The van der Waals surface area contributed by atoms with E-state index >= 15 is 0 Å². The Hall–Kier alpha value is -2.22. The SMILES string of the molecule is C#Cc1cncc(N2C[C@]3(C(C)(C)C)CN(C(=O)O)C[C@H]23)c1. The van der Waals surface area contributed by atoms with Crippen LogP contribution in [0.25, 0.3) is 0 Å². The number of fused-ring (bicyclic) bond motifs is 1. The zero-order valence-corrected chi connectivity index (χ0v) is 13.2. The van der Waals surface area contributed by atoms with Crippen molar-refractivity contribution in [2.24, 2.45) is 10.8 Å². The van der Waals surface area contributed by atoms with Crippen molar-refractivity contribution < 1.29 is 9.90 Å². The molecular formula is C17H21N3O2. The van der Waals surface area contributed by atoms with Crippen LogP contribution in [0.3, 0.4) is 0 Å². The number of amides is 1. The number of carboxylic acid groups (broad SMARTS) is 1. The maximum atomic E-state index is 11.4. The van der Waals surface area contributed by atoms with E-state index in [0.29, 0.717) is 13.1 Å². The minimum atomic E-state index is -0.839. The van der Waals surface area contributed by atoms with E-state index in [1.54, 1.807) is 12.4 Å². The summed E-state index contributed by atoms with van der Waals surface area (Å²) >= 11 is 0. The molecule has 0 bridgehead atoms. The number of hydrogen-bond acceptors (Lipinski definition) is 3. The maximum Gasteiger partial charge on any atom is 0.407 e. The quantitative estimate of drug-likeness (QED) is 0.808. The van der Waals surface area contributed by atoms with E-state index in [4.69, 9.17) is 6.42 Å². The molecule has 22 heavy (non-hydrogen) atoms. The smallest absolute Gasteiger partial charge is 0.407 e. The summed E-state index contributed by atoms with van der Waals surface area (Å²) in [6.45, 7) is 8.54. The molecule has 1 N–H and O–H groups in total. The fourth-order valence-electron chi connectivity index (χ4n) is 3.80. The fourth-order valence-corrected chi connectivity index (χ4v) is 3.80. The largest absolute Gasteiger partial charge is 0.465 e. The molecule has 2 aliphatic heterocycles. The van der Waals surface area contributed by atoms with Gasteiger partial charge in [0, 0.05) is 36.8 Å². The molecule has 0 spiro atoms. The second kappa shape index (κ2) is 4.64.